The van der Waals surface area contributed by atoms with E-state index in [2.05, 4.69) is 5.32 Å². The molecule has 4 nitrogen and oxygen atoms in total. The van der Waals surface area contributed by atoms with Gasteiger partial charge in [0.05, 0.1) is 21.7 Å². The van der Waals surface area contributed by atoms with Crippen LogP contribution in [0.1, 0.15) is 5.56 Å². The fourth-order valence-electron chi connectivity index (χ4n) is 3.34. The Bertz CT molecular complexity index is 1300. The fourth-order valence-corrected chi connectivity index (χ4v) is 3.55. The van der Waals surface area contributed by atoms with E-state index in [1.165, 1.54) is 12.1 Å². The zero-order chi connectivity index (χ0) is 19.8. The van der Waals surface area contributed by atoms with Crippen LogP contribution in [0.3, 0.4) is 0 Å². The van der Waals surface area contributed by atoms with Crippen LogP contribution in [0.25, 0.3) is 21.8 Å². The van der Waals surface area contributed by atoms with Crippen LogP contribution < -0.4 is 10.7 Å². The van der Waals surface area contributed by atoms with E-state index in [-0.39, 0.29) is 22.9 Å². The smallest absolute Gasteiger partial charge is 0.244 e. The summed E-state index contributed by atoms with van der Waals surface area (Å²) in [6.45, 7) is 1.90. The van der Waals surface area contributed by atoms with Crippen LogP contribution in [0.2, 0.25) is 5.02 Å². The number of anilines is 1. The number of nitrogens with zero attached hydrogens (tertiary/aromatic N) is 1. The number of aryl methyl sites for hydroxylation is 1. The highest BCUT2D eigenvalue weighted by Crippen LogP contribution is 2.24. The van der Waals surface area contributed by atoms with Gasteiger partial charge in [-0.05, 0) is 49.4 Å². The number of halogens is 2. The Kier molecular flexibility index (Phi) is 4.61. The zero-order valence-electron chi connectivity index (χ0n) is 15.0. The molecule has 0 aliphatic heterocycles. The van der Waals surface area contributed by atoms with Crippen LogP contribution in [0, 0.1) is 12.7 Å². The third-order valence-corrected chi connectivity index (χ3v) is 4.95. The van der Waals surface area contributed by atoms with Gasteiger partial charge in [-0.1, -0.05) is 35.4 Å². The molecule has 0 saturated carbocycles. The van der Waals surface area contributed by atoms with Gasteiger partial charge < -0.3 is 9.88 Å². The third kappa shape index (κ3) is 3.25. The minimum Gasteiger partial charge on any atom is -0.331 e. The SMILES string of the molecule is Cc1ccc2c(c1)c(=O)c1ccccc1n2CC(=O)Nc1ccc(F)cc1Cl. The van der Waals surface area contributed by atoms with Crippen molar-refractivity contribution >= 4 is 45.0 Å². The molecule has 0 atom stereocenters. The van der Waals surface area contributed by atoms with Gasteiger partial charge in [-0.25, -0.2) is 4.39 Å². The van der Waals surface area contributed by atoms with Crippen LogP contribution in [-0.2, 0) is 11.3 Å². The van der Waals surface area contributed by atoms with Gasteiger partial charge in [-0.15, -0.1) is 0 Å². The van der Waals surface area contributed by atoms with E-state index in [9.17, 15) is 14.0 Å². The van der Waals surface area contributed by atoms with Gasteiger partial charge in [-0.3, -0.25) is 9.59 Å². The molecule has 3 aromatic carbocycles. The number of benzene rings is 3. The van der Waals surface area contributed by atoms with Crippen molar-refractivity contribution in [1.29, 1.82) is 0 Å². The van der Waals surface area contributed by atoms with Gasteiger partial charge in [0.15, 0.2) is 5.43 Å². The van der Waals surface area contributed by atoms with Crippen molar-refractivity contribution in [3.8, 4) is 0 Å². The molecule has 1 aromatic heterocycles. The lowest BCUT2D eigenvalue weighted by atomic mass is 10.1. The molecule has 0 aliphatic carbocycles. The molecule has 0 fully saturated rings. The van der Waals surface area contributed by atoms with Crippen LogP contribution in [0.5, 0.6) is 0 Å². The number of carbonyl (C=O) groups excluding carboxylic acids is 1. The quantitative estimate of drug-likeness (QED) is 0.503. The topological polar surface area (TPSA) is 51.1 Å². The van der Waals surface area contributed by atoms with E-state index >= 15 is 0 Å². The number of para-hydroxylation sites is 1. The van der Waals surface area contributed by atoms with Crippen LogP contribution in [-0.4, -0.2) is 10.5 Å². The molecule has 1 N–H and O–H groups in total. The monoisotopic (exact) mass is 394 g/mol. The first-order valence-electron chi connectivity index (χ1n) is 8.71. The van der Waals surface area contributed by atoms with Crippen LogP contribution in [0.15, 0.2) is 65.5 Å². The van der Waals surface area contributed by atoms with Gasteiger partial charge in [0, 0.05) is 10.8 Å². The summed E-state index contributed by atoms with van der Waals surface area (Å²) in [6, 6.07) is 16.6. The maximum Gasteiger partial charge on any atom is 0.244 e. The molecule has 4 rings (SSSR count). The summed E-state index contributed by atoms with van der Waals surface area (Å²) in [5.74, 6) is -0.806. The normalized spacial score (nSPS) is 11.1. The predicted octanol–water partition coefficient (Wildman–Crippen LogP) is 4.89. The number of amides is 1. The lowest BCUT2D eigenvalue weighted by Gasteiger charge is -2.16. The minimum atomic E-state index is -0.476. The molecule has 0 unspecified atom stereocenters. The van der Waals surface area contributed by atoms with Crippen molar-refractivity contribution < 1.29 is 9.18 Å². The van der Waals surface area contributed by atoms with Crippen molar-refractivity contribution in [2.75, 3.05) is 5.32 Å². The second-order valence-electron chi connectivity index (χ2n) is 6.63. The molecule has 1 heterocycles. The van der Waals surface area contributed by atoms with E-state index in [0.717, 1.165) is 11.6 Å². The molecule has 6 heteroatoms. The summed E-state index contributed by atoms with van der Waals surface area (Å²) in [5, 5.41) is 3.94. The number of fused-ring (bicyclic) bond motifs is 2. The Hall–Kier alpha value is -3.18. The molecule has 0 spiro atoms. The number of hydrogen-bond donors (Lipinski definition) is 1. The van der Waals surface area contributed by atoms with Crippen LogP contribution in [0.4, 0.5) is 10.1 Å². The van der Waals surface area contributed by atoms with E-state index in [0.29, 0.717) is 27.5 Å². The van der Waals surface area contributed by atoms with E-state index in [1.54, 1.807) is 16.7 Å². The first kappa shape index (κ1) is 18.2. The molecule has 4 aromatic rings. The van der Waals surface area contributed by atoms with Gasteiger partial charge in [0.1, 0.15) is 12.4 Å². The Morgan fingerprint density at radius 1 is 1.04 bits per heavy atom. The summed E-state index contributed by atoms with van der Waals surface area (Å²) in [6.07, 6.45) is 0. The number of aromatic nitrogens is 1. The maximum absolute atomic E-state index is 13.2. The van der Waals surface area contributed by atoms with Gasteiger partial charge >= 0.3 is 0 Å². The van der Waals surface area contributed by atoms with Crippen molar-refractivity contribution in [2.24, 2.45) is 0 Å². The maximum atomic E-state index is 13.2. The van der Waals surface area contributed by atoms with Crippen molar-refractivity contribution in [2.45, 2.75) is 13.5 Å². The van der Waals surface area contributed by atoms with Crippen molar-refractivity contribution in [1.82, 2.24) is 4.57 Å². The lowest BCUT2D eigenvalue weighted by molar-refractivity contribution is -0.116. The molecular formula is C22H16ClFN2O2. The average molecular weight is 395 g/mol. The Balaban J connectivity index is 1.81. The molecule has 28 heavy (non-hydrogen) atoms. The summed E-state index contributed by atoms with van der Waals surface area (Å²) >= 11 is 6.00. The molecule has 0 aliphatic rings. The highest BCUT2D eigenvalue weighted by Gasteiger charge is 2.14. The molecule has 0 bridgehead atoms. The number of rotatable bonds is 3. The van der Waals surface area contributed by atoms with E-state index in [1.807, 2.05) is 37.3 Å². The Morgan fingerprint density at radius 3 is 2.57 bits per heavy atom. The second kappa shape index (κ2) is 7.09. The highest BCUT2D eigenvalue weighted by molar-refractivity contribution is 6.33. The van der Waals surface area contributed by atoms with Gasteiger partial charge in [0.25, 0.3) is 0 Å². The summed E-state index contributed by atoms with van der Waals surface area (Å²) in [5.41, 5.74) is 2.58. The number of pyridine rings is 1. The summed E-state index contributed by atoms with van der Waals surface area (Å²) in [4.78, 5) is 25.6. The average Bonchev–Trinajstić information content (AvgIpc) is 2.67. The number of nitrogens with one attached hydrogen (secondary N) is 1. The van der Waals surface area contributed by atoms with Gasteiger partial charge in [0.2, 0.25) is 5.91 Å². The Labute approximate surface area is 165 Å². The third-order valence-electron chi connectivity index (χ3n) is 4.63. The minimum absolute atomic E-state index is 0.0198. The van der Waals surface area contributed by atoms with Gasteiger partial charge in [-0.2, -0.15) is 0 Å². The second-order valence-corrected chi connectivity index (χ2v) is 7.03. The summed E-state index contributed by atoms with van der Waals surface area (Å²) < 4.78 is 15.0. The zero-order valence-corrected chi connectivity index (χ0v) is 15.8. The Morgan fingerprint density at radius 2 is 1.79 bits per heavy atom. The summed E-state index contributed by atoms with van der Waals surface area (Å²) in [7, 11) is 0. The lowest BCUT2D eigenvalue weighted by Crippen LogP contribution is -2.21. The molecule has 0 saturated heterocycles. The molecule has 0 radical (unpaired) electrons. The van der Waals surface area contributed by atoms with E-state index in [4.69, 9.17) is 11.6 Å². The van der Waals surface area contributed by atoms with Crippen LogP contribution >= 0.6 is 11.6 Å². The molecular weight excluding hydrogens is 379 g/mol. The highest BCUT2D eigenvalue weighted by atomic mass is 35.5. The van der Waals surface area contributed by atoms with Crippen molar-refractivity contribution in [3.63, 3.8) is 0 Å². The first-order chi connectivity index (χ1) is 13.4. The molecule has 140 valence electrons. The first-order valence-corrected chi connectivity index (χ1v) is 9.08. The fraction of sp³-hybridized carbons (Fsp3) is 0.0909. The molecule has 1 amide bonds. The predicted molar refractivity (Wildman–Crippen MR) is 110 cm³/mol. The largest absolute Gasteiger partial charge is 0.331 e. The van der Waals surface area contributed by atoms with Crippen molar-refractivity contribution in [3.05, 3.63) is 87.3 Å². The standard InChI is InChI=1S/C22H16ClFN2O2/c1-13-6-9-20-16(10-13)22(28)15-4-2-3-5-19(15)26(20)12-21(27)25-18-8-7-14(24)11-17(18)23/h2-11H,12H2,1H3,(H,25,27). The van der Waals surface area contributed by atoms with E-state index < -0.39 is 5.82 Å². The number of hydrogen-bond acceptors (Lipinski definition) is 2. The number of carbonyl (C=O) groups is 1.